The Hall–Kier alpha value is -1.14. The van der Waals surface area contributed by atoms with E-state index in [9.17, 15) is 0 Å². The zero-order valence-corrected chi connectivity index (χ0v) is 11.8. The Morgan fingerprint density at radius 1 is 1.32 bits per heavy atom. The minimum absolute atomic E-state index is 0.428. The first kappa shape index (κ1) is 12.9. The molecule has 106 valence electrons. The fraction of sp³-hybridized carbons (Fsp3) is 0.846. The highest BCUT2D eigenvalue weighted by atomic mass is 16.4. The molecule has 1 N–H and O–H groups in total. The molecule has 0 bridgehead atoms. The molecule has 0 spiro atoms. The number of rotatable bonds is 4. The lowest BCUT2D eigenvalue weighted by Gasteiger charge is -2.36. The third kappa shape index (κ3) is 2.90. The number of nitrogens with zero attached hydrogens (tertiary/aromatic N) is 4. The first-order chi connectivity index (χ1) is 9.22. The Morgan fingerprint density at radius 3 is 3.05 bits per heavy atom. The van der Waals surface area contributed by atoms with Crippen LogP contribution in [0.15, 0.2) is 4.42 Å². The molecular formula is C13H23N5O. The Labute approximate surface area is 114 Å². The van der Waals surface area contributed by atoms with Crippen LogP contribution in [0.2, 0.25) is 0 Å². The normalized spacial score (nSPS) is 24.2. The van der Waals surface area contributed by atoms with Crippen molar-refractivity contribution < 1.29 is 4.42 Å². The summed E-state index contributed by atoms with van der Waals surface area (Å²) in [4.78, 5) is 4.81. The summed E-state index contributed by atoms with van der Waals surface area (Å²) in [7, 11) is 0. The summed E-state index contributed by atoms with van der Waals surface area (Å²) in [5.41, 5.74) is 0. The molecule has 2 aliphatic rings. The summed E-state index contributed by atoms with van der Waals surface area (Å²) in [5.74, 6) is 0.678. The van der Waals surface area contributed by atoms with E-state index < -0.39 is 0 Å². The van der Waals surface area contributed by atoms with Crippen LogP contribution in [0.5, 0.6) is 0 Å². The molecule has 2 fully saturated rings. The van der Waals surface area contributed by atoms with Crippen LogP contribution in [0.25, 0.3) is 0 Å². The molecule has 1 unspecified atom stereocenters. The van der Waals surface area contributed by atoms with Crippen molar-refractivity contribution in [3.05, 3.63) is 5.89 Å². The number of nitrogens with one attached hydrogen (secondary N) is 1. The summed E-state index contributed by atoms with van der Waals surface area (Å²) in [5, 5.41) is 11.6. The SMILES string of the molecule is CC(C)NCc1nnc(N2CCN3CCCC3C2)o1. The van der Waals surface area contributed by atoms with Gasteiger partial charge in [-0.25, -0.2) is 0 Å². The summed E-state index contributed by atoms with van der Waals surface area (Å²) in [6, 6.07) is 1.79. The van der Waals surface area contributed by atoms with E-state index in [-0.39, 0.29) is 0 Å². The summed E-state index contributed by atoms with van der Waals surface area (Å²) in [6.45, 7) is 9.26. The molecule has 3 rings (SSSR count). The summed E-state index contributed by atoms with van der Waals surface area (Å²) >= 11 is 0. The number of aromatic nitrogens is 2. The second-order valence-corrected chi connectivity index (χ2v) is 5.79. The Balaban J connectivity index is 1.59. The van der Waals surface area contributed by atoms with Gasteiger partial charge in [-0.15, -0.1) is 5.10 Å². The van der Waals surface area contributed by atoms with Crippen molar-refractivity contribution in [3.8, 4) is 0 Å². The van der Waals surface area contributed by atoms with Gasteiger partial charge in [0.1, 0.15) is 0 Å². The lowest BCUT2D eigenvalue weighted by atomic mass is 10.2. The van der Waals surface area contributed by atoms with Crippen molar-refractivity contribution in [1.29, 1.82) is 0 Å². The van der Waals surface area contributed by atoms with E-state index in [1.165, 1.54) is 19.4 Å². The van der Waals surface area contributed by atoms with E-state index in [2.05, 4.69) is 39.2 Å². The number of anilines is 1. The maximum atomic E-state index is 5.74. The zero-order chi connectivity index (χ0) is 13.2. The molecule has 1 atom stereocenters. The van der Waals surface area contributed by atoms with Crippen molar-refractivity contribution >= 4 is 6.01 Å². The Bertz CT molecular complexity index is 419. The molecule has 2 saturated heterocycles. The average molecular weight is 265 g/mol. The van der Waals surface area contributed by atoms with Gasteiger partial charge >= 0.3 is 6.01 Å². The molecule has 19 heavy (non-hydrogen) atoms. The second-order valence-electron chi connectivity index (χ2n) is 5.79. The highest BCUT2D eigenvalue weighted by Crippen LogP contribution is 2.24. The van der Waals surface area contributed by atoms with Crippen LogP contribution in [0.3, 0.4) is 0 Å². The number of piperazine rings is 1. The largest absolute Gasteiger partial charge is 0.407 e. The molecule has 6 heteroatoms. The molecule has 1 aromatic rings. The van der Waals surface area contributed by atoms with Gasteiger partial charge in [0.05, 0.1) is 6.54 Å². The van der Waals surface area contributed by atoms with Gasteiger partial charge < -0.3 is 14.6 Å². The maximum absolute atomic E-state index is 5.74. The highest BCUT2D eigenvalue weighted by molar-refractivity contribution is 5.26. The minimum atomic E-state index is 0.428. The van der Waals surface area contributed by atoms with Crippen molar-refractivity contribution in [1.82, 2.24) is 20.4 Å². The van der Waals surface area contributed by atoms with Crippen molar-refractivity contribution in [2.24, 2.45) is 0 Å². The highest BCUT2D eigenvalue weighted by Gasteiger charge is 2.32. The van der Waals surface area contributed by atoms with Crippen LogP contribution in [0, 0.1) is 0 Å². The third-order valence-electron chi connectivity index (χ3n) is 3.98. The smallest absolute Gasteiger partial charge is 0.318 e. The van der Waals surface area contributed by atoms with Gasteiger partial charge in [-0.2, -0.15) is 0 Å². The summed E-state index contributed by atoms with van der Waals surface area (Å²) in [6.07, 6.45) is 2.62. The fourth-order valence-corrected chi connectivity index (χ4v) is 2.90. The third-order valence-corrected chi connectivity index (χ3v) is 3.98. The average Bonchev–Trinajstić information content (AvgIpc) is 3.04. The lowest BCUT2D eigenvalue weighted by molar-refractivity contribution is 0.225. The van der Waals surface area contributed by atoms with E-state index in [1.54, 1.807) is 0 Å². The first-order valence-corrected chi connectivity index (χ1v) is 7.27. The molecule has 0 aromatic carbocycles. The first-order valence-electron chi connectivity index (χ1n) is 7.27. The van der Waals surface area contributed by atoms with E-state index in [1.807, 2.05) is 0 Å². The second kappa shape index (κ2) is 5.46. The summed E-state index contributed by atoms with van der Waals surface area (Å²) < 4.78 is 5.74. The van der Waals surface area contributed by atoms with E-state index in [0.717, 1.165) is 19.6 Å². The van der Waals surface area contributed by atoms with Gasteiger partial charge in [-0.05, 0) is 19.4 Å². The fourth-order valence-electron chi connectivity index (χ4n) is 2.90. The van der Waals surface area contributed by atoms with E-state index >= 15 is 0 Å². The van der Waals surface area contributed by atoms with Crippen molar-refractivity contribution in [2.45, 2.75) is 45.3 Å². The quantitative estimate of drug-likeness (QED) is 0.871. The maximum Gasteiger partial charge on any atom is 0.318 e. The number of hydrogen-bond donors (Lipinski definition) is 1. The van der Waals surface area contributed by atoms with Crippen molar-refractivity contribution in [3.63, 3.8) is 0 Å². The molecule has 0 amide bonds. The predicted octanol–water partition coefficient (Wildman–Crippen LogP) is 0.852. The standard InChI is InChI=1S/C13H23N5O/c1-10(2)14-8-12-15-16-13(19-12)18-7-6-17-5-3-4-11(17)9-18/h10-11,14H,3-9H2,1-2H3. The van der Waals surface area contributed by atoms with Crippen LogP contribution in [0.1, 0.15) is 32.6 Å². The minimum Gasteiger partial charge on any atom is -0.407 e. The predicted molar refractivity (Wildman–Crippen MR) is 73.1 cm³/mol. The number of fused-ring (bicyclic) bond motifs is 1. The molecular weight excluding hydrogens is 242 g/mol. The molecule has 0 saturated carbocycles. The van der Waals surface area contributed by atoms with Crippen molar-refractivity contribution in [2.75, 3.05) is 31.1 Å². The van der Waals surface area contributed by atoms with Gasteiger partial charge in [-0.1, -0.05) is 18.9 Å². The lowest BCUT2D eigenvalue weighted by Crippen LogP contribution is -2.50. The monoisotopic (exact) mass is 265 g/mol. The van der Waals surface area contributed by atoms with Crippen LogP contribution >= 0.6 is 0 Å². The van der Waals surface area contributed by atoms with Crippen LogP contribution < -0.4 is 10.2 Å². The topological polar surface area (TPSA) is 57.4 Å². The molecule has 1 aromatic heterocycles. The van der Waals surface area contributed by atoms with Gasteiger partial charge in [0.15, 0.2) is 0 Å². The molecule has 0 radical (unpaired) electrons. The van der Waals surface area contributed by atoms with Gasteiger partial charge in [0.2, 0.25) is 5.89 Å². The Morgan fingerprint density at radius 2 is 2.21 bits per heavy atom. The van der Waals surface area contributed by atoms with Crippen LogP contribution in [0.4, 0.5) is 6.01 Å². The molecule has 3 heterocycles. The zero-order valence-electron chi connectivity index (χ0n) is 11.8. The van der Waals surface area contributed by atoms with Gasteiger partial charge in [-0.3, -0.25) is 4.90 Å². The van der Waals surface area contributed by atoms with E-state index in [0.29, 0.717) is 30.5 Å². The molecule has 2 aliphatic heterocycles. The molecule has 6 nitrogen and oxygen atoms in total. The number of hydrogen-bond acceptors (Lipinski definition) is 6. The van der Waals surface area contributed by atoms with E-state index in [4.69, 9.17) is 4.42 Å². The van der Waals surface area contributed by atoms with Gasteiger partial charge in [0, 0.05) is 31.7 Å². The van der Waals surface area contributed by atoms with Crippen LogP contribution in [-0.4, -0.2) is 53.4 Å². The van der Waals surface area contributed by atoms with Gasteiger partial charge in [0.25, 0.3) is 0 Å². The molecule has 0 aliphatic carbocycles. The Kier molecular flexibility index (Phi) is 3.70. The van der Waals surface area contributed by atoms with Crippen LogP contribution in [-0.2, 0) is 6.54 Å².